The van der Waals surface area contributed by atoms with Crippen LogP contribution in [0, 0.1) is 0 Å². The van der Waals surface area contributed by atoms with Gasteiger partial charge in [-0.2, -0.15) is 13.2 Å². The van der Waals surface area contributed by atoms with Crippen LogP contribution in [-0.4, -0.2) is 35.7 Å². The highest BCUT2D eigenvalue weighted by Crippen LogP contribution is 2.30. The van der Waals surface area contributed by atoms with Crippen molar-refractivity contribution < 1.29 is 27.4 Å². The fraction of sp³-hybridized carbons (Fsp3) is 0.217. The lowest BCUT2D eigenvalue weighted by Gasteiger charge is -2.16. The Labute approximate surface area is 182 Å². The number of cyclic esters (lactones) is 1. The van der Waals surface area contributed by atoms with Crippen molar-refractivity contribution in [2.75, 3.05) is 19.0 Å². The van der Waals surface area contributed by atoms with Crippen LogP contribution in [0.5, 0.6) is 11.5 Å². The fourth-order valence-electron chi connectivity index (χ4n) is 3.22. The van der Waals surface area contributed by atoms with Gasteiger partial charge in [0.25, 0.3) is 0 Å². The second-order valence-electron chi connectivity index (χ2n) is 7.37. The molecule has 9 heteroatoms. The van der Waals surface area contributed by atoms with E-state index < -0.39 is 11.7 Å². The molecule has 1 saturated heterocycles. The van der Waals surface area contributed by atoms with Crippen LogP contribution < -0.4 is 10.1 Å². The first-order valence-electron chi connectivity index (χ1n) is 9.85. The molecule has 2 heterocycles. The number of nitrogens with one attached hydrogen (secondary N) is 1. The van der Waals surface area contributed by atoms with Crippen molar-refractivity contribution in [3.05, 3.63) is 78.0 Å². The Morgan fingerprint density at radius 2 is 1.72 bits per heavy atom. The number of pyridine rings is 1. The van der Waals surface area contributed by atoms with Gasteiger partial charge in [-0.1, -0.05) is 12.1 Å². The number of nitrogens with zero attached hydrogens (tertiary/aromatic N) is 2. The summed E-state index contributed by atoms with van der Waals surface area (Å²) in [6, 6.07) is 16.9. The third-order valence-electron chi connectivity index (χ3n) is 5.08. The van der Waals surface area contributed by atoms with Gasteiger partial charge in [-0.15, -0.1) is 0 Å². The Morgan fingerprint density at radius 3 is 2.25 bits per heavy atom. The zero-order valence-corrected chi connectivity index (χ0v) is 17.1. The second-order valence-corrected chi connectivity index (χ2v) is 7.37. The maximum Gasteiger partial charge on any atom is 0.417 e. The maximum absolute atomic E-state index is 12.6. The number of ether oxygens (including phenoxy) is 2. The van der Waals surface area contributed by atoms with Crippen molar-refractivity contribution in [3.63, 3.8) is 0 Å². The molecule has 1 aromatic heterocycles. The van der Waals surface area contributed by atoms with Gasteiger partial charge in [0.1, 0.15) is 23.9 Å². The van der Waals surface area contributed by atoms with Crippen LogP contribution >= 0.6 is 0 Å². The second kappa shape index (κ2) is 8.78. The lowest BCUT2D eigenvalue weighted by atomic mass is 10.1. The quantitative estimate of drug-likeness (QED) is 0.535. The number of hydrogen-bond donors (Lipinski definition) is 1. The lowest BCUT2D eigenvalue weighted by molar-refractivity contribution is -0.137. The van der Waals surface area contributed by atoms with Crippen LogP contribution in [0.4, 0.5) is 29.5 Å². The van der Waals surface area contributed by atoms with Crippen LogP contribution in [-0.2, 0) is 17.3 Å². The minimum absolute atomic E-state index is 0.0217. The molecule has 0 spiro atoms. The monoisotopic (exact) mass is 443 g/mol. The van der Waals surface area contributed by atoms with Crippen molar-refractivity contribution in [2.45, 2.75) is 18.6 Å². The SMILES string of the molecule is CN1C(=O)OCC1Cc1ccc(Oc2ccc(Nc3ccc(C(F)(F)F)cn3)cc2)cc1. The molecule has 0 saturated carbocycles. The lowest BCUT2D eigenvalue weighted by Crippen LogP contribution is -2.30. The Kier molecular flexibility index (Phi) is 5.89. The molecule has 1 fully saturated rings. The van der Waals surface area contributed by atoms with E-state index in [-0.39, 0.29) is 12.1 Å². The Hall–Kier alpha value is -3.75. The van der Waals surface area contributed by atoms with E-state index in [0.29, 0.717) is 36.0 Å². The number of aromatic nitrogens is 1. The summed E-state index contributed by atoms with van der Waals surface area (Å²) in [6.07, 6.45) is -3.23. The number of alkyl halides is 3. The standard InChI is InChI=1S/C23H20F3N3O3/c1-29-18(14-31-22(29)30)12-15-2-7-19(8-3-15)32-20-9-5-17(6-10-20)28-21-11-4-16(13-27-21)23(24,25)26/h2-11,13,18H,12,14H2,1H3,(H,27,28). The topological polar surface area (TPSA) is 63.7 Å². The third-order valence-corrected chi connectivity index (χ3v) is 5.08. The van der Waals surface area contributed by atoms with E-state index in [4.69, 9.17) is 9.47 Å². The molecule has 4 rings (SSSR count). The zero-order chi connectivity index (χ0) is 22.7. The van der Waals surface area contributed by atoms with E-state index in [1.807, 2.05) is 24.3 Å². The first-order chi connectivity index (χ1) is 15.3. The molecule has 1 N–H and O–H groups in total. The van der Waals surface area contributed by atoms with E-state index in [1.54, 1.807) is 36.2 Å². The van der Waals surface area contributed by atoms with Gasteiger partial charge in [-0.3, -0.25) is 0 Å². The maximum atomic E-state index is 12.6. The predicted molar refractivity (Wildman–Crippen MR) is 112 cm³/mol. The average Bonchev–Trinajstić information content (AvgIpc) is 3.08. The molecule has 2 aromatic carbocycles. The molecule has 32 heavy (non-hydrogen) atoms. The number of hydrogen-bond acceptors (Lipinski definition) is 5. The van der Waals surface area contributed by atoms with E-state index in [1.165, 1.54) is 6.07 Å². The molecule has 0 aliphatic carbocycles. The van der Waals surface area contributed by atoms with Gasteiger partial charge in [0.15, 0.2) is 0 Å². The minimum atomic E-state index is -4.41. The molecule has 1 aliphatic rings. The third kappa shape index (κ3) is 5.11. The largest absolute Gasteiger partial charge is 0.457 e. The highest BCUT2D eigenvalue weighted by molar-refractivity contribution is 5.69. The number of halogens is 3. The van der Waals surface area contributed by atoms with E-state index >= 15 is 0 Å². The molecule has 1 amide bonds. The van der Waals surface area contributed by atoms with Crippen LogP contribution in [0.2, 0.25) is 0 Å². The zero-order valence-electron chi connectivity index (χ0n) is 17.1. The van der Waals surface area contributed by atoms with Crippen LogP contribution in [0.3, 0.4) is 0 Å². The molecular formula is C23H20F3N3O3. The number of anilines is 2. The normalized spacial score (nSPS) is 16.1. The van der Waals surface area contributed by atoms with Gasteiger partial charge in [0.2, 0.25) is 0 Å². The highest BCUT2D eigenvalue weighted by Gasteiger charge is 2.31. The van der Waals surface area contributed by atoms with Crippen LogP contribution in [0.15, 0.2) is 66.9 Å². The predicted octanol–water partition coefficient (Wildman–Crippen LogP) is 5.63. The molecule has 0 bridgehead atoms. The van der Waals surface area contributed by atoms with Crippen LogP contribution in [0.25, 0.3) is 0 Å². The Morgan fingerprint density at radius 1 is 1.06 bits per heavy atom. The summed E-state index contributed by atoms with van der Waals surface area (Å²) >= 11 is 0. The minimum Gasteiger partial charge on any atom is -0.457 e. The Balaban J connectivity index is 1.33. The molecule has 166 valence electrons. The number of benzene rings is 2. The highest BCUT2D eigenvalue weighted by atomic mass is 19.4. The molecule has 1 atom stereocenters. The summed E-state index contributed by atoms with van der Waals surface area (Å²) in [5.74, 6) is 1.58. The van der Waals surface area contributed by atoms with E-state index in [0.717, 1.165) is 17.8 Å². The van der Waals surface area contributed by atoms with Crippen molar-refractivity contribution in [3.8, 4) is 11.5 Å². The van der Waals surface area contributed by atoms with Gasteiger partial charge >= 0.3 is 12.3 Å². The molecule has 1 unspecified atom stereocenters. The van der Waals surface area contributed by atoms with Crippen LogP contribution in [0.1, 0.15) is 11.1 Å². The van der Waals surface area contributed by atoms with Crippen molar-refractivity contribution in [2.24, 2.45) is 0 Å². The smallest absolute Gasteiger partial charge is 0.417 e. The first-order valence-corrected chi connectivity index (χ1v) is 9.85. The van der Waals surface area contributed by atoms with Crippen molar-refractivity contribution >= 4 is 17.6 Å². The number of carbonyl (C=O) groups is 1. The number of carbonyl (C=O) groups excluding carboxylic acids is 1. The average molecular weight is 443 g/mol. The number of rotatable bonds is 6. The molecule has 6 nitrogen and oxygen atoms in total. The first kappa shape index (κ1) is 21.5. The van der Waals surface area contributed by atoms with Gasteiger partial charge in [-0.05, 0) is 60.5 Å². The van der Waals surface area contributed by atoms with Gasteiger partial charge in [0.05, 0.1) is 11.6 Å². The molecular weight excluding hydrogens is 423 g/mol. The van der Waals surface area contributed by atoms with Gasteiger partial charge < -0.3 is 19.7 Å². The summed E-state index contributed by atoms with van der Waals surface area (Å²) in [6.45, 7) is 0.385. The summed E-state index contributed by atoms with van der Waals surface area (Å²) in [5.41, 5.74) is 0.934. The molecule has 1 aliphatic heterocycles. The van der Waals surface area contributed by atoms with Gasteiger partial charge in [-0.25, -0.2) is 9.78 Å². The summed E-state index contributed by atoms with van der Waals surface area (Å²) in [7, 11) is 1.73. The van der Waals surface area contributed by atoms with E-state index in [9.17, 15) is 18.0 Å². The summed E-state index contributed by atoms with van der Waals surface area (Å²) < 4.78 is 48.7. The van der Waals surface area contributed by atoms with Crippen molar-refractivity contribution in [1.82, 2.24) is 9.88 Å². The summed E-state index contributed by atoms with van der Waals surface area (Å²) in [4.78, 5) is 16.8. The fourth-order valence-corrected chi connectivity index (χ4v) is 3.22. The number of amides is 1. The van der Waals surface area contributed by atoms with E-state index in [2.05, 4.69) is 10.3 Å². The Bertz CT molecular complexity index is 1070. The molecule has 0 radical (unpaired) electrons. The van der Waals surface area contributed by atoms with Crippen molar-refractivity contribution in [1.29, 1.82) is 0 Å². The number of likely N-dealkylation sites (N-methyl/N-ethyl adjacent to an activating group) is 1. The summed E-state index contributed by atoms with van der Waals surface area (Å²) in [5, 5.41) is 2.95. The molecule has 3 aromatic rings. The van der Waals surface area contributed by atoms with Gasteiger partial charge in [0, 0.05) is 18.9 Å².